The predicted octanol–water partition coefficient (Wildman–Crippen LogP) is 10.2. The van der Waals surface area contributed by atoms with E-state index < -0.39 is 44.7 Å². The third-order valence-corrected chi connectivity index (χ3v) is 8.87. The molecule has 0 aromatic heterocycles. The van der Waals surface area contributed by atoms with Gasteiger partial charge in [0.1, 0.15) is 6.61 Å². The van der Waals surface area contributed by atoms with Gasteiger partial charge in [-0.2, -0.15) is 0 Å². The lowest BCUT2D eigenvalue weighted by atomic mass is 10.1. The topological polar surface area (TPSA) is 160 Å². The first-order valence-corrected chi connectivity index (χ1v) is 22.0. The van der Waals surface area contributed by atoms with Gasteiger partial charge >= 0.3 is 19.8 Å². The molecular formula is C43H73O10P. The number of carbonyl (C=O) groups excluding carboxylic acids is 2. The minimum absolute atomic E-state index is 0.0532. The standard InChI is InChI=1S/C43H73O10P/c1-3-5-7-9-11-12-13-14-15-16-17-18-19-20-21-23-29-35-42(46)51-37-41(38-52-54(48,49)50)53-43(47)36-30-34-40(45)33-28-25-24-27-32-39(44)31-26-22-10-8-6-4-2/h11-12,14-15,22,24-28,32-33,39-41,44-45H,3-10,13,16-21,23,29-31,34-38H2,1-2H3,(H2,48,49,50)/b12-11-,15-14-,25-24+,26-22-,32-27+,33-28-/t39-,40-,41+/m0/s1. The molecular weight excluding hydrogens is 707 g/mol. The van der Waals surface area contributed by atoms with Gasteiger partial charge in [-0.25, -0.2) is 4.57 Å². The number of unbranched alkanes of at least 4 members (excludes halogenated alkanes) is 13. The van der Waals surface area contributed by atoms with Gasteiger partial charge in [0.05, 0.1) is 18.8 Å². The normalized spacial score (nSPS) is 14.4. The summed E-state index contributed by atoms with van der Waals surface area (Å²) in [5.41, 5.74) is 0. The number of esters is 2. The van der Waals surface area contributed by atoms with Crippen molar-refractivity contribution in [2.75, 3.05) is 13.2 Å². The second-order valence-corrected chi connectivity index (χ2v) is 14.9. The summed E-state index contributed by atoms with van der Waals surface area (Å²) in [5.74, 6) is -1.14. The lowest BCUT2D eigenvalue weighted by Gasteiger charge is -2.18. The molecule has 0 aliphatic carbocycles. The molecule has 0 aliphatic rings. The van der Waals surface area contributed by atoms with E-state index >= 15 is 0 Å². The van der Waals surface area contributed by atoms with Gasteiger partial charge in [0.15, 0.2) is 6.10 Å². The van der Waals surface area contributed by atoms with Crippen molar-refractivity contribution < 1.29 is 48.2 Å². The van der Waals surface area contributed by atoms with E-state index in [0.717, 1.165) is 51.4 Å². The summed E-state index contributed by atoms with van der Waals surface area (Å²) in [6.45, 7) is 3.38. The van der Waals surface area contributed by atoms with E-state index in [2.05, 4.69) is 48.8 Å². The molecule has 3 atom stereocenters. The molecule has 54 heavy (non-hydrogen) atoms. The molecule has 0 spiro atoms. The summed E-state index contributed by atoms with van der Waals surface area (Å²) in [7, 11) is -4.83. The predicted molar refractivity (Wildman–Crippen MR) is 219 cm³/mol. The highest BCUT2D eigenvalue weighted by molar-refractivity contribution is 7.46. The summed E-state index contributed by atoms with van der Waals surface area (Å²) >= 11 is 0. The molecule has 0 unspecified atom stereocenters. The van der Waals surface area contributed by atoms with Gasteiger partial charge in [-0.15, -0.1) is 0 Å². The van der Waals surface area contributed by atoms with E-state index in [0.29, 0.717) is 19.3 Å². The molecule has 0 aromatic carbocycles. The summed E-state index contributed by atoms with van der Waals surface area (Å²) < 4.78 is 26.2. The van der Waals surface area contributed by atoms with E-state index in [1.54, 1.807) is 36.5 Å². The second-order valence-electron chi connectivity index (χ2n) is 13.7. The van der Waals surface area contributed by atoms with E-state index in [1.807, 2.05) is 6.08 Å². The van der Waals surface area contributed by atoms with Crippen LogP contribution in [0.5, 0.6) is 0 Å². The lowest BCUT2D eigenvalue weighted by molar-refractivity contribution is -0.161. The Morgan fingerprint density at radius 1 is 0.593 bits per heavy atom. The molecule has 0 heterocycles. The maximum absolute atomic E-state index is 12.4. The highest BCUT2D eigenvalue weighted by Gasteiger charge is 2.23. The van der Waals surface area contributed by atoms with Crippen molar-refractivity contribution in [3.63, 3.8) is 0 Å². The van der Waals surface area contributed by atoms with Crippen LogP contribution in [-0.4, -0.2) is 63.5 Å². The van der Waals surface area contributed by atoms with Crippen LogP contribution in [0.3, 0.4) is 0 Å². The van der Waals surface area contributed by atoms with Crippen molar-refractivity contribution in [1.82, 2.24) is 0 Å². The molecule has 4 N–H and O–H groups in total. The Balaban J connectivity index is 4.23. The Bertz CT molecular complexity index is 1140. The molecule has 0 radical (unpaired) electrons. The van der Waals surface area contributed by atoms with Gasteiger partial charge in [-0.1, -0.05) is 145 Å². The number of ether oxygens (including phenoxy) is 2. The minimum Gasteiger partial charge on any atom is -0.462 e. The number of phosphoric ester groups is 1. The molecule has 0 saturated heterocycles. The molecule has 10 nitrogen and oxygen atoms in total. The molecule has 0 aliphatic heterocycles. The zero-order valence-corrected chi connectivity index (χ0v) is 34.2. The smallest absolute Gasteiger partial charge is 0.462 e. The number of rotatable bonds is 36. The summed E-state index contributed by atoms with van der Waals surface area (Å²) in [6, 6.07) is 0. The lowest BCUT2D eigenvalue weighted by Crippen LogP contribution is -2.29. The molecule has 0 saturated carbocycles. The maximum atomic E-state index is 12.4. The van der Waals surface area contributed by atoms with E-state index in [9.17, 15) is 24.4 Å². The van der Waals surface area contributed by atoms with Crippen molar-refractivity contribution in [1.29, 1.82) is 0 Å². The Morgan fingerprint density at radius 2 is 1.11 bits per heavy atom. The number of carbonyl (C=O) groups is 2. The number of hydrogen-bond donors (Lipinski definition) is 4. The van der Waals surface area contributed by atoms with Crippen LogP contribution in [-0.2, 0) is 28.2 Å². The van der Waals surface area contributed by atoms with Crippen LogP contribution in [0.1, 0.15) is 155 Å². The number of hydrogen-bond acceptors (Lipinski definition) is 8. The fraction of sp³-hybridized carbons (Fsp3) is 0.674. The highest BCUT2D eigenvalue weighted by atomic mass is 31.2. The summed E-state index contributed by atoms with van der Waals surface area (Å²) in [5, 5.41) is 20.2. The van der Waals surface area contributed by atoms with E-state index in [1.165, 1.54) is 51.4 Å². The van der Waals surface area contributed by atoms with Crippen molar-refractivity contribution in [3.8, 4) is 0 Å². The Morgan fingerprint density at radius 3 is 1.70 bits per heavy atom. The molecule has 0 rings (SSSR count). The average molecular weight is 781 g/mol. The molecule has 11 heteroatoms. The third-order valence-electron chi connectivity index (χ3n) is 8.39. The minimum atomic E-state index is -4.83. The highest BCUT2D eigenvalue weighted by Crippen LogP contribution is 2.36. The van der Waals surface area contributed by atoms with Gasteiger partial charge in [-0.3, -0.25) is 14.1 Å². The quantitative estimate of drug-likeness (QED) is 0.0158. The number of aliphatic hydroxyl groups is 2. The molecule has 0 aromatic rings. The van der Waals surface area contributed by atoms with E-state index in [4.69, 9.17) is 19.3 Å². The summed E-state index contributed by atoms with van der Waals surface area (Å²) in [4.78, 5) is 42.8. The van der Waals surface area contributed by atoms with Crippen molar-refractivity contribution >= 4 is 19.8 Å². The molecule has 0 fully saturated rings. The zero-order chi connectivity index (χ0) is 40.0. The Hall–Kier alpha value is -2.59. The van der Waals surface area contributed by atoms with Gasteiger partial charge in [0, 0.05) is 12.8 Å². The third kappa shape index (κ3) is 39.1. The van der Waals surface area contributed by atoms with Crippen LogP contribution in [0, 0.1) is 0 Å². The first-order chi connectivity index (χ1) is 26.1. The first-order valence-electron chi connectivity index (χ1n) is 20.4. The number of aliphatic hydroxyl groups excluding tert-OH is 2. The van der Waals surface area contributed by atoms with Gasteiger partial charge in [-0.05, 0) is 70.6 Å². The van der Waals surface area contributed by atoms with Crippen LogP contribution in [0.25, 0.3) is 0 Å². The second kappa shape index (κ2) is 37.3. The zero-order valence-electron chi connectivity index (χ0n) is 33.3. The van der Waals surface area contributed by atoms with Crippen LogP contribution in [0.2, 0.25) is 0 Å². The Kier molecular flexibility index (Phi) is 35.5. The van der Waals surface area contributed by atoms with Crippen LogP contribution >= 0.6 is 7.82 Å². The maximum Gasteiger partial charge on any atom is 0.469 e. The van der Waals surface area contributed by atoms with Crippen molar-refractivity contribution in [2.45, 2.75) is 173 Å². The Labute approximate surface area is 326 Å². The largest absolute Gasteiger partial charge is 0.469 e. The monoisotopic (exact) mass is 780 g/mol. The van der Waals surface area contributed by atoms with Crippen molar-refractivity contribution in [3.05, 3.63) is 72.9 Å². The SMILES string of the molecule is CCCCC/C=C\C/C=C\CCCCCCCCCC(=O)OC[C@H](COP(=O)(O)O)OC(=O)CCC[C@@H](O)\C=C/C=C/C=C/[C@@H](O)C/C=C\CCCCC. The van der Waals surface area contributed by atoms with Gasteiger partial charge in [0.2, 0.25) is 0 Å². The molecule has 0 bridgehead atoms. The van der Waals surface area contributed by atoms with Crippen LogP contribution < -0.4 is 0 Å². The van der Waals surface area contributed by atoms with Crippen LogP contribution in [0.4, 0.5) is 0 Å². The van der Waals surface area contributed by atoms with E-state index in [-0.39, 0.29) is 25.9 Å². The fourth-order valence-electron chi connectivity index (χ4n) is 5.24. The average Bonchev–Trinajstić information content (AvgIpc) is 3.13. The fourth-order valence-corrected chi connectivity index (χ4v) is 5.60. The number of phosphoric acid groups is 1. The van der Waals surface area contributed by atoms with Gasteiger partial charge < -0.3 is 29.5 Å². The molecule has 0 amide bonds. The summed E-state index contributed by atoms with van der Waals surface area (Å²) in [6.07, 6.45) is 41.0. The van der Waals surface area contributed by atoms with Crippen LogP contribution in [0.15, 0.2) is 72.9 Å². The molecule has 310 valence electrons. The van der Waals surface area contributed by atoms with Gasteiger partial charge in [0.25, 0.3) is 0 Å². The number of allylic oxidation sites excluding steroid dienone is 9. The van der Waals surface area contributed by atoms with Crippen molar-refractivity contribution in [2.24, 2.45) is 0 Å². The first kappa shape index (κ1) is 51.4.